The molecule has 2 aromatic carbocycles. The van der Waals surface area contributed by atoms with Crippen LogP contribution in [0.15, 0.2) is 42.5 Å². The van der Waals surface area contributed by atoms with Crippen molar-refractivity contribution in [2.45, 2.75) is 12.5 Å². The minimum absolute atomic E-state index is 0.286. The van der Waals surface area contributed by atoms with E-state index in [9.17, 15) is 19.2 Å². The highest BCUT2D eigenvalue weighted by Crippen LogP contribution is 2.18. The maximum Gasteiger partial charge on any atom is 0.329 e. The zero-order valence-corrected chi connectivity index (χ0v) is 15.8. The van der Waals surface area contributed by atoms with Crippen LogP contribution in [0.2, 0.25) is 0 Å². The normalized spacial score (nSPS) is 12.5. The number of methoxy groups -OCH3 is 3. The van der Waals surface area contributed by atoms with Crippen molar-refractivity contribution in [3.05, 3.63) is 48.0 Å². The van der Waals surface area contributed by atoms with Crippen molar-refractivity contribution in [3.8, 4) is 0 Å². The molecule has 0 aromatic heterocycles. The lowest BCUT2D eigenvalue weighted by atomic mass is 9.95. The molecule has 2 aromatic rings. The Hall–Kier alpha value is -3.42. The van der Waals surface area contributed by atoms with E-state index in [-0.39, 0.29) is 5.56 Å². The van der Waals surface area contributed by atoms with Gasteiger partial charge in [-0.2, -0.15) is 0 Å². The molecule has 0 fully saturated rings. The first-order valence-electron chi connectivity index (χ1n) is 8.43. The average Bonchev–Trinajstić information content (AvgIpc) is 2.74. The van der Waals surface area contributed by atoms with Gasteiger partial charge in [0.1, 0.15) is 6.04 Å². The number of nitrogens with one attached hydrogen (secondary N) is 1. The first kappa shape index (κ1) is 20.9. The van der Waals surface area contributed by atoms with Crippen molar-refractivity contribution in [1.82, 2.24) is 5.32 Å². The van der Waals surface area contributed by atoms with E-state index in [0.717, 1.165) is 32.1 Å². The highest BCUT2D eigenvalue weighted by Gasteiger charge is 2.38. The van der Waals surface area contributed by atoms with Gasteiger partial charge in [-0.05, 0) is 22.9 Å². The van der Waals surface area contributed by atoms with Gasteiger partial charge in [-0.1, -0.05) is 30.3 Å². The van der Waals surface area contributed by atoms with E-state index >= 15 is 0 Å². The van der Waals surface area contributed by atoms with Gasteiger partial charge in [-0.15, -0.1) is 0 Å². The van der Waals surface area contributed by atoms with Crippen molar-refractivity contribution < 1.29 is 33.4 Å². The first-order chi connectivity index (χ1) is 13.4. The Bertz CT molecular complexity index is 893. The SMILES string of the molecule is COC(=O)C[C@H](C(=O)OC)[C@H](NC(=O)c1ccc2ccccc2c1)C(=O)OC. The van der Waals surface area contributed by atoms with E-state index in [4.69, 9.17) is 4.74 Å². The van der Waals surface area contributed by atoms with Gasteiger partial charge in [0.2, 0.25) is 0 Å². The van der Waals surface area contributed by atoms with Gasteiger partial charge in [0, 0.05) is 5.56 Å². The van der Waals surface area contributed by atoms with Gasteiger partial charge < -0.3 is 19.5 Å². The Morgan fingerprint density at radius 3 is 2.11 bits per heavy atom. The monoisotopic (exact) mass is 387 g/mol. The van der Waals surface area contributed by atoms with Gasteiger partial charge in [-0.3, -0.25) is 14.4 Å². The topological polar surface area (TPSA) is 108 Å². The predicted octanol–water partition coefficient (Wildman–Crippen LogP) is 1.46. The summed E-state index contributed by atoms with van der Waals surface area (Å²) in [7, 11) is 3.38. The fourth-order valence-electron chi connectivity index (χ4n) is 2.76. The first-order valence-corrected chi connectivity index (χ1v) is 8.43. The van der Waals surface area contributed by atoms with E-state index in [2.05, 4.69) is 14.8 Å². The molecule has 0 heterocycles. The number of carbonyl (C=O) groups is 4. The van der Waals surface area contributed by atoms with Crippen LogP contribution in [-0.4, -0.2) is 51.2 Å². The molecule has 2 atom stereocenters. The van der Waals surface area contributed by atoms with Crippen molar-refractivity contribution in [3.63, 3.8) is 0 Å². The summed E-state index contributed by atoms with van der Waals surface area (Å²) in [6.45, 7) is 0. The number of fused-ring (bicyclic) bond motifs is 1. The van der Waals surface area contributed by atoms with E-state index in [1.165, 1.54) is 0 Å². The van der Waals surface area contributed by atoms with Crippen molar-refractivity contribution in [2.75, 3.05) is 21.3 Å². The summed E-state index contributed by atoms with van der Waals surface area (Å²) in [4.78, 5) is 48.7. The van der Waals surface area contributed by atoms with Gasteiger partial charge in [0.25, 0.3) is 5.91 Å². The van der Waals surface area contributed by atoms with Crippen LogP contribution < -0.4 is 5.32 Å². The maximum atomic E-state index is 12.7. The molecule has 1 N–H and O–H groups in total. The molecule has 0 saturated carbocycles. The fourth-order valence-corrected chi connectivity index (χ4v) is 2.76. The summed E-state index contributed by atoms with van der Waals surface area (Å²) in [6, 6.07) is 11.1. The van der Waals surface area contributed by atoms with Gasteiger partial charge in [0.15, 0.2) is 0 Å². The third-order valence-corrected chi connectivity index (χ3v) is 4.27. The van der Waals surface area contributed by atoms with Crippen LogP contribution in [-0.2, 0) is 28.6 Å². The molecule has 0 aliphatic carbocycles. The Balaban J connectivity index is 2.32. The number of benzene rings is 2. The van der Waals surface area contributed by atoms with Crippen LogP contribution in [0.5, 0.6) is 0 Å². The van der Waals surface area contributed by atoms with Crippen molar-refractivity contribution >= 4 is 34.6 Å². The molecular formula is C20H21NO7. The van der Waals surface area contributed by atoms with E-state index in [1.807, 2.05) is 24.3 Å². The van der Waals surface area contributed by atoms with E-state index in [0.29, 0.717) is 0 Å². The minimum Gasteiger partial charge on any atom is -0.469 e. The highest BCUT2D eigenvalue weighted by molar-refractivity contribution is 6.01. The van der Waals surface area contributed by atoms with Crippen LogP contribution in [0, 0.1) is 5.92 Å². The Kier molecular flexibility index (Phi) is 7.08. The zero-order valence-electron chi connectivity index (χ0n) is 15.8. The van der Waals surface area contributed by atoms with Crippen molar-refractivity contribution in [1.29, 1.82) is 0 Å². The lowest BCUT2D eigenvalue weighted by molar-refractivity contribution is -0.158. The predicted molar refractivity (Wildman–Crippen MR) is 99.4 cm³/mol. The number of hydrogen-bond donors (Lipinski definition) is 1. The van der Waals surface area contributed by atoms with E-state index in [1.54, 1.807) is 18.2 Å². The second-order valence-electron chi connectivity index (χ2n) is 5.95. The summed E-state index contributed by atoms with van der Waals surface area (Å²) in [5, 5.41) is 4.25. The molecule has 0 radical (unpaired) electrons. The Morgan fingerprint density at radius 1 is 0.857 bits per heavy atom. The Morgan fingerprint density at radius 2 is 1.50 bits per heavy atom. The number of carbonyl (C=O) groups excluding carboxylic acids is 4. The fraction of sp³-hybridized carbons (Fsp3) is 0.300. The summed E-state index contributed by atoms with van der Waals surface area (Å²) in [5.41, 5.74) is 0.286. The van der Waals surface area contributed by atoms with Crippen LogP contribution in [0.4, 0.5) is 0 Å². The molecule has 0 bridgehead atoms. The Labute approximate surface area is 161 Å². The average molecular weight is 387 g/mol. The van der Waals surface area contributed by atoms with E-state index < -0.39 is 42.2 Å². The molecule has 0 saturated heterocycles. The summed E-state index contributed by atoms with van der Waals surface area (Å²) in [5.74, 6) is -4.36. The molecule has 1 amide bonds. The molecule has 2 rings (SSSR count). The maximum absolute atomic E-state index is 12.7. The second kappa shape index (κ2) is 9.50. The molecule has 8 heteroatoms. The number of esters is 3. The third-order valence-electron chi connectivity index (χ3n) is 4.27. The molecule has 0 spiro atoms. The molecule has 148 valence electrons. The molecular weight excluding hydrogens is 366 g/mol. The summed E-state index contributed by atoms with van der Waals surface area (Å²) in [6.07, 6.45) is -0.457. The quantitative estimate of drug-likeness (QED) is 0.566. The van der Waals surface area contributed by atoms with Crippen LogP contribution >= 0.6 is 0 Å². The van der Waals surface area contributed by atoms with Crippen LogP contribution in [0.25, 0.3) is 10.8 Å². The second-order valence-corrected chi connectivity index (χ2v) is 5.95. The zero-order chi connectivity index (χ0) is 20.7. The largest absolute Gasteiger partial charge is 0.469 e. The standard InChI is InChI=1S/C20H21NO7/c1-26-16(22)11-15(19(24)27-2)17(20(25)28-3)21-18(23)14-9-8-12-6-4-5-7-13(12)10-14/h4-10,15,17H,11H2,1-3H3,(H,21,23)/t15-,17-/m0/s1. The van der Waals surface area contributed by atoms with Gasteiger partial charge >= 0.3 is 17.9 Å². The van der Waals surface area contributed by atoms with Crippen molar-refractivity contribution in [2.24, 2.45) is 5.92 Å². The molecule has 28 heavy (non-hydrogen) atoms. The molecule has 8 nitrogen and oxygen atoms in total. The smallest absolute Gasteiger partial charge is 0.329 e. The summed E-state index contributed by atoms with van der Waals surface area (Å²) < 4.78 is 13.9. The molecule has 0 aliphatic rings. The molecule has 0 unspecified atom stereocenters. The highest BCUT2D eigenvalue weighted by atomic mass is 16.5. The lowest BCUT2D eigenvalue weighted by Gasteiger charge is -2.23. The summed E-state index contributed by atoms with van der Waals surface area (Å²) >= 11 is 0. The number of ether oxygens (including phenoxy) is 3. The minimum atomic E-state index is -1.42. The van der Waals surface area contributed by atoms with Crippen LogP contribution in [0.3, 0.4) is 0 Å². The number of rotatable bonds is 7. The third kappa shape index (κ3) is 4.85. The van der Waals surface area contributed by atoms with Gasteiger partial charge in [0.05, 0.1) is 33.7 Å². The van der Waals surface area contributed by atoms with Gasteiger partial charge in [-0.25, -0.2) is 4.79 Å². The lowest BCUT2D eigenvalue weighted by Crippen LogP contribution is -2.50. The number of hydrogen-bond acceptors (Lipinski definition) is 7. The number of amides is 1. The molecule has 0 aliphatic heterocycles. The van der Waals surface area contributed by atoms with Crippen LogP contribution in [0.1, 0.15) is 16.8 Å².